The minimum Gasteiger partial charge on any atom is -0.369 e. The fourth-order valence-corrected chi connectivity index (χ4v) is 1.40. The number of primary amides is 1. The molecule has 1 amide bonds. The molecule has 4 nitrogen and oxygen atoms in total. The van der Waals surface area contributed by atoms with Crippen molar-refractivity contribution in [2.45, 2.75) is 45.8 Å². The zero-order valence-electron chi connectivity index (χ0n) is 8.94. The number of carbonyl (C=O) groups excluding carboxylic acids is 1. The standard InChI is InChI=1S/C10H21NO3/c1-3-4-5-8(9(11)12)6-7(2)10(13)14/h7-8,10,13-14H,3-6H2,1-2H3,(H2,11,12). The van der Waals surface area contributed by atoms with Crippen LogP contribution in [0.15, 0.2) is 0 Å². The molecular weight excluding hydrogens is 182 g/mol. The maximum atomic E-state index is 11.0. The molecule has 0 aromatic heterocycles. The van der Waals surface area contributed by atoms with E-state index < -0.39 is 6.29 Å². The Morgan fingerprint density at radius 1 is 1.43 bits per heavy atom. The first-order chi connectivity index (χ1) is 6.49. The molecule has 0 aromatic rings. The third kappa shape index (κ3) is 5.19. The molecule has 4 N–H and O–H groups in total. The average molecular weight is 203 g/mol. The van der Waals surface area contributed by atoms with Crippen molar-refractivity contribution in [1.29, 1.82) is 0 Å². The van der Waals surface area contributed by atoms with Gasteiger partial charge in [-0.15, -0.1) is 0 Å². The Morgan fingerprint density at radius 3 is 2.36 bits per heavy atom. The summed E-state index contributed by atoms with van der Waals surface area (Å²) >= 11 is 0. The van der Waals surface area contributed by atoms with Gasteiger partial charge in [0.25, 0.3) is 0 Å². The highest BCUT2D eigenvalue weighted by molar-refractivity contribution is 5.76. The van der Waals surface area contributed by atoms with Crippen molar-refractivity contribution in [3.05, 3.63) is 0 Å². The second-order valence-corrected chi connectivity index (χ2v) is 3.87. The summed E-state index contributed by atoms with van der Waals surface area (Å²) in [6, 6.07) is 0. The summed E-state index contributed by atoms with van der Waals surface area (Å²) in [5.41, 5.74) is 5.22. The summed E-state index contributed by atoms with van der Waals surface area (Å²) in [6.45, 7) is 3.74. The molecule has 0 aliphatic rings. The second kappa shape index (κ2) is 6.79. The van der Waals surface area contributed by atoms with Crippen LogP contribution < -0.4 is 5.73 Å². The molecule has 0 rings (SSSR count). The van der Waals surface area contributed by atoms with E-state index in [1.807, 2.05) is 6.92 Å². The van der Waals surface area contributed by atoms with E-state index in [1.54, 1.807) is 6.92 Å². The Labute approximate surface area is 85.1 Å². The van der Waals surface area contributed by atoms with Crippen molar-refractivity contribution in [3.8, 4) is 0 Å². The molecule has 2 atom stereocenters. The number of hydrogen-bond acceptors (Lipinski definition) is 3. The molecule has 0 bridgehead atoms. The van der Waals surface area contributed by atoms with Gasteiger partial charge in [-0.2, -0.15) is 0 Å². The van der Waals surface area contributed by atoms with Gasteiger partial charge >= 0.3 is 0 Å². The van der Waals surface area contributed by atoms with Crippen LogP contribution in [0.1, 0.15) is 39.5 Å². The van der Waals surface area contributed by atoms with Crippen LogP contribution in [0.2, 0.25) is 0 Å². The van der Waals surface area contributed by atoms with Gasteiger partial charge in [0.1, 0.15) is 0 Å². The topological polar surface area (TPSA) is 83.6 Å². The van der Waals surface area contributed by atoms with Crippen LogP contribution in [-0.4, -0.2) is 22.4 Å². The molecule has 0 aliphatic heterocycles. The Balaban J connectivity index is 4.02. The Hall–Kier alpha value is -0.610. The second-order valence-electron chi connectivity index (χ2n) is 3.87. The molecule has 0 fully saturated rings. The Kier molecular flexibility index (Phi) is 6.49. The van der Waals surface area contributed by atoms with Gasteiger partial charge in [-0.1, -0.05) is 26.7 Å². The van der Waals surface area contributed by atoms with Crippen LogP contribution in [0.25, 0.3) is 0 Å². The molecule has 2 unspecified atom stereocenters. The van der Waals surface area contributed by atoms with Gasteiger partial charge in [0.15, 0.2) is 6.29 Å². The summed E-state index contributed by atoms with van der Waals surface area (Å²) in [7, 11) is 0. The van der Waals surface area contributed by atoms with E-state index in [4.69, 9.17) is 15.9 Å². The average Bonchev–Trinajstić information content (AvgIpc) is 2.10. The van der Waals surface area contributed by atoms with Crippen molar-refractivity contribution in [2.24, 2.45) is 17.6 Å². The van der Waals surface area contributed by atoms with Crippen LogP contribution in [0.4, 0.5) is 0 Å². The van der Waals surface area contributed by atoms with Gasteiger partial charge in [0.2, 0.25) is 5.91 Å². The van der Waals surface area contributed by atoms with Crippen molar-refractivity contribution in [1.82, 2.24) is 0 Å². The zero-order valence-corrected chi connectivity index (χ0v) is 8.94. The van der Waals surface area contributed by atoms with Crippen LogP contribution >= 0.6 is 0 Å². The third-order valence-electron chi connectivity index (χ3n) is 2.47. The van der Waals surface area contributed by atoms with Crippen molar-refractivity contribution in [2.75, 3.05) is 0 Å². The largest absolute Gasteiger partial charge is 0.369 e. The zero-order chi connectivity index (χ0) is 11.1. The SMILES string of the molecule is CCCCC(CC(C)C(O)O)C(N)=O. The Bertz CT molecular complexity index is 171. The van der Waals surface area contributed by atoms with Gasteiger partial charge in [-0.25, -0.2) is 0 Å². The van der Waals surface area contributed by atoms with E-state index >= 15 is 0 Å². The molecule has 84 valence electrons. The molecular formula is C10H21NO3. The van der Waals surface area contributed by atoms with E-state index in [0.29, 0.717) is 6.42 Å². The number of hydrogen-bond donors (Lipinski definition) is 3. The van der Waals surface area contributed by atoms with Crippen molar-refractivity contribution in [3.63, 3.8) is 0 Å². The van der Waals surface area contributed by atoms with E-state index in [2.05, 4.69) is 0 Å². The van der Waals surface area contributed by atoms with Crippen molar-refractivity contribution < 1.29 is 15.0 Å². The lowest BCUT2D eigenvalue weighted by Gasteiger charge is -2.19. The molecule has 0 spiro atoms. The summed E-state index contributed by atoms with van der Waals surface area (Å²) in [5, 5.41) is 17.8. The minimum atomic E-state index is -1.36. The minimum absolute atomic E-state index is 0.230. The van der Waals surface area contributed by atoms with Crippen LogP contribution in [0.5, 0.6) is 0 Å². The lowest BCUT2D eigenvalue weighted by Crippen LogP contribution is -2.28. The maximum Gasteiger partial charge on any atom is 0.220 e. The van der Waals surface area contributed by atoms with E-state index in [0.717, 1.165) is 19.3 Å². The summed E-state index contributed by atoms with van der Waals surface area (Å²) in [5.74, 6) is -0.873. The molecule has 0 heterocycles. The number of amides is 1. The van der Waals surface area contributed by atoms with E-state index in [-0.39, 0.29) is 17.7 Å². The highest BCUT2D eigenvalue weighted by atomic mass is 16.5. The molecule has 0 saturated heterocycles. The predicted octanol–water partition coefficient (Wildman–Crippen LogP) is 0.615. The summed E-state index contributed by atoms with van der Waals surface area (Å²) in [6.07, 6.45) is 1.79. The number of rotatable bonds is 7. The van der Waals surface area contributed by atoms with E-state index in [1.165, 1.54) is 0 Å². The first kappa shape index (κ1) is 13.4. The quantitative estimate of drug-likeness (QED) is 0.530. The van der Waals surface area contributed by atoms with Gasteiger partial charge in [-0.05, 0) is 12.8 Å². The maximum absolute atomic E-state index is 11.0. The highest BCUT2D eigenvalue weighted by Crippen LogP contribution is 2.19. The van der Waals surface area contributed by atoms with Gasteiger partial charge < -0.3 is 15.9 Å². The monoisotopic (exact) mass is 203 g/mol. The number of nitrogens with two attached hydrogens (primary N) is 1. The molecule has 14 heavy (non-hydrogen) atoms. The number of aliphatic hydroxyl groups is 2. The lowest BCUT2D eigenvalue weighted by molar-refractivity contribution is -0.124. The number of unbranched alkanes of at least 4 members (excludes halogenated alkanes) is 1. The van der Waals surface area contributed by atoms with Crippen molar-refractivity contribution >= 4 is 5.91 Å². The van der Waals surface area contributed by atoms with Gasteiger partial charge in [0, 0.05) is 11.8 Å². The van der Waals surface area contributed by atoms with Crippen LogP contribution in [-0.2, 0) is 4.79 Å². The number of carbonyl (C=O) groups is 1. The summed E-state index contributed by atoms with van der Waals surface area (Å²) in [4.78, 5) is 11.0. The first-order valence-corrected chi connectivity index (χ1v) is 5.14. The predicted molar refractivity (Wildman–Crippen MR) is 54.2 cm³/mol. The van der Waals surface area contributed by atoms with Crippen LogP contribution in [0.3, 0.4) is 0 Å². The molecule has 0 aromatic carbocycles. The molecule has 4 heteroatoms. The van der Waals surface area contributed by atoms with Gasteiger partial charge in [-0.3, -0.25) is 4.79 Å². The normalized spacial score (nSPS) is 15.5. The Morgan fingerprint density at radius 2 is 2.00 bits per heavy atom. The summed E-state index contributed by atoms with van der Waals surface area (Å²) < 4.78 is 0. The molecule has 0 radical (unpaired) electrons. The smallest absolute Gasteiger partial charge is 0.220 e. The highest BCUT2D eigenvalue weighted by Gasteiger charge is 2.21. The fourth-order valence-electron chi connectivity index (χ4n) is 1.40. The molecule has 0 saturated carbocycles. The van der Waals surface area contributed by atoms with Gasteiger partial charge in [0.05, 0.1) is 0 Å². The first-order valence-electron chi connectivity index (χ1n) is 5.14. The number of aliphatic hydroxyl groups excluding tert-OH is 1. The third-order valence-corrected chi connectivity index (χ3v) is 2.47. The molecule has 0 aliphatic carbocycles. The fraction of sp³-hybridized carbons (Fsp3) is 0.900. The lowest BCUT2D eigenvalue weighted by atomic mass is 9.90. The van der Waals surface area contributed by atoms with Crippen LogP contribution in [0, 0.1) is 11.8 Å². The van der Waals surface area contributed by atoms with E-state index in [9.17, 15) is 4.79 Å².